The number of anilines is 1. The molecule has 3 heterocycles. The van der Waals surface area contributed by atoms with Gasteiger partial charge in [0.05, 0.1) is 12.1 Å². The van der Waals surface area contributed by atoms with Gasteiger partial charge in [-0.25, -0.2) is 4.79 Å². The van der Waals surface area contributed by atoms with Crippen LogP contribution in [0.2, 0.25) is 0 Å². The second-order valence-electron chi connectivity index (χ2n) is 12.1. The van der Waals surface area contributed by atoms with Crippen molar-refractivity contribution in [3.05, 3.63) is 83.1 Å². The van der Waals surface area contributed by atoms with Gasteiger partial charge in [-0.2, -0.15) is 4.68 Å². The predicted molar refractivity (Wildman–Crippen MR) is 172 cm³/mol. The third-order valence-electron chi connectivity index (χ3n) is 8.10. The lowest BCUT2D eigenvalue weighted by molar-refractivity contribution is 0.0885. The minimum atomic E-state index is -0.720. The highest BCUT2D eigenvalue weighted by molar-refractivity contribution is 6.08. The lowest BCUT2D eigenvalue weighted by atomic mass is 9.94. The van der Waals surface area contributed by atoms with Crippen molar-refractivity contribution in [2.75, 3.05) is 45.2 Å². The molecule has 45 heavy (non-hydrogen) atoms. The van der Waals surface area contributed by atoms with Crippen LogP contribution in [0.3, 0.4) is 0 Å². The maximum Gasteiger partial charge on any atom is 0.435 e. The first kappa shape index (κ1) is 31.9. The van der Waals surface area contributed by atoms with Crippen molar-refractivity contribution >= 4 is 34.8 Å². The van der Waals surface area contributed by atoms with Gasteiger partial charge in [0.15, 0.2) is 17.2 Å². The number of benzene rings is 2. The van der Waals surface area contributed by atoms with Gasteiger partial charge in [-0.05, 0) is 50.6 Å². The molecule has 1 fully saturated rings. The molecule has 11 heteroatoms. The molecule has 2 aromatic carbocycles. The smallest absolute Gasteiger partial charge is 0.435 e. The second kappa shape index (κ2) is 14.1. The summed E-state index contributed by atoms with van der Waals surface area (Å²) in [5.41, 5.74) is 2.08. The number of piperazine rings is 1. The quantitative estimate of drug-likeness (QED) is 0.213. The van der Waals surface area contributed by atoms with E-state index in [1.807, 2.05) is 56.3 Å². The number of hydrogen-bond donors (Lipinski definition) is 2. The molecule has 11 nitrogen and oxygen atoms in total. The van der Waals surface area contributed by atoms with Crippen LogP contribution in [-0.2, 0) is 16.8 Å². The number of fused-ring (bicyclic) bond motifs is 1. The molecule has 0 saturated carbocycles. The van der Waals surface area contributed by atoms with Gasteiger partial charge in [-0.15, -0.1) is 5.10 Å². The van der Waals surface area contributed by atoms with Gasteiger partial charge in [-0.3, -0.25) is 14.5 Å². The highest BCUT2D eigenvalue weighted by Gasteiger charge is 2.29. The Morgan fingerprint density at radius 2 is 1.67 bits per heavy atom. The number of unbranched alkanes of at least 4 members (excludes halogenated alkanes) is 2. The summed E-state index contributed by atoms with van der Waals surface area (Å²) < 4.78 is 12.4. The number of nitrogens with zero attached hydrogens (tertiary/aromatic N) is 4. The van der Waals surface area contributed by atoms with Crippen LogP contribution in [0, 0.1) is 0 Å². The van der Waals surface area contributed by atoms with Crippen LogP contribution < -0.4 is 10.6 Å². The molecule has 2 aromatic heterocycles. The van der Waals surface area contributed by atoms with Crippen molar-refractivity contribution in [3.63, 3.8) is 0 Å². The number of aromatic nitrogens is 2. The zero-order chi connectivity index (χ0) is 32.0. The van der Waals surface area contributed by atoms with Crippen molar-refractivity contribution in [2.24, 2.45) is 0 Å². The molecule has 2 N–H and O–H groups in total. The Bertz CT molecular complexity index is 1620. The summed E-state index contributed by atoms with van der Waals surface area (Å²) in [6.45, 7) is 11.0. The molecular weight excluding hydrogens is 572 g/mol. The average Bonchev–Trinajstić information content (AvgIpc) is 3.62. The molecule has 2 amide bonds. The molecule has 0 radical (unpaired) electrons. The molecule has 4 aromatic rings. The first-order valence-corrected chi connectivity index (χ1v) is 15.5. The molecule has 0 atom stereocenters. The monoisotopic (exact) mass is 614 g/mol. The minimum Gasteiger partial charge on any atom is -0.448 e. The Kier molecular flexibility index (Phi) is 9.99. The first-order valence-electron chi connectivity index (χ1n) is 15.5. The van der Waals surface area contributed by atoms with E-state index >= 15 is 0 Å². The van der Waals surface area contributed by atoms with Crippen LogP contribution in [0.1, 0.15) is 72.1 Å². The largest absolute Gasteiger partial charge is 0.448 e. The Labute approximate surface area is 263 Å². The highest BCUT2D eigenvalue weighted by Crippen LogP contribution is 2.29. The van der Waals surface area contributed by atoms with E-state index in [9.17, 15) is 14.4 Å². The Morgan fingerprint density at radius 1 is 0.956 bits per heavy atom. The summed E-state index contributed by atoms with van der Waals surface area (Å²) in [5, 5.41) is 10.1. The van der Waals surface area contributed by atoms with Gasteiger partial charge in [0.1, 0.15) is 5.52 Å². The standard InChI is InChI=1S/C34H42N6O5/c1-5-6-10-21-44-33(43)40-27-22-28(32(42)36-34(2,3)26-11-8-7-9-12-26)45-29(27)30(37-40)35-31(41)25-15-13-24(14-16-25)23-39-19-17-38(4)18-20-39/h7-9,11-16,22H,5-6,10,17-21,23H2,1-4H3,(H,36,42)(H,35,37,41). The first-order chi connectivity index (χ1) is 21.6. The number of amides is 2. The lowest BCUT2D eigenvalue weighted by Crippen LogP contribution is -2.43. The maximum atomic E-state index is 13.3. The fourth-order valence-electron chi connectivity index (χ4n) is 5.29. The molecule has 0 spiro atoms. The van der Waals surface area contributed by atoms with E-state index in [4.69, 9.17) is 9.15 Å². The zero-order valence-corrected chi connectivity index (χ0v) is 26.5. The normalized spacial score (nSPS) is 14.4. The fourth-order valence-corrected chi connectivity index (χ4v) is 5.29. The van der Waals surface area contributed by atoms with Gasteiger partial charge in [0.25, 0.3) is 11.8 Å². The minimum absolute atomic E-state index is 0.0170. The van der Waals surface area contributed by atoms with E-state index in [0.29, 0.717) is 12.0 Å². The SMILES string of the molecule is CCCCCOC(=O)n1nc(NC(=O)c2ccc(CN3CCN(C)CC3)cc2)c2oc(C(=O)NC(C)(C)c3ccccc3)cc21. The van der Waals surface area contributed by atoms with Gasteiger partial charge >= 0.3 is 6.09 Å². The zero-order valence-electron chi connectivity index (χ0n) is 26.5. The van der Waals surface area contributed by atoms with Crippen LogP contribution in [-0.4, -0.2) is 77.3 Å². The Balaban J connectivity index is 1.35. The second-order valence-corrected chi connectivity index (χ2v) is 12.1. The molecule has 5 rings (SSSR count). The van der Waals surface area contributed by atoms with Crippen LogP contribution in [0.25, 0.3) is 11.1 Å². The number of hydrogen-bond acceptors (Lipinski definition) is 8. The molecule has 0 bridgehead atoms. The predicted octanol–water partition coefficient (Wildman–Crippen LogP) is 5.47. The summed E-state index contributed by atoms with van der Waals surface area (Å²) in [6, 6.07) is 18.4. The summed E-state index contributed by atoms with van der Waals surface area (Å²) >= 11 is 0. The Morgan fingerprint density at radius 3 is 2.36 bits per heavy atom. The van der Waals surface area contributed by atoms with Gasteiger partial charge in [0, 0.05) is 44.4 Å². The van der Waals surface area contributed by atoms with E-state index in [-0.39, 0.29) is 29.3 Å². The van der Waals surface area contributed by atoms with Crippen molar-refractivity contribution < 1.29 is 23.5 Å². The third-order valence-corrected chi connectivity index (χ3v) is 8.10. The summed E-state index contributed by atoms with van der Waals surface area (Å²) in [4.78, 5) is 44.3. The van der Waals surface area contributed by atoms with E-state index in [1.165, 1.54) is 6.07 Å². The molecule has 0 aliphatic carbocycles. The number of carbonyl (C=O) groups excluding carboxylic acids is 3. The van der Waals surface area contributed by atoms with Crippen LogP contribution >= 0.6 is 0 Å². The van der Waals surface area contributed by atoms with Crippen LogP contribution in [0.15, 0.2) is 65.1 Å². The van der Waals surface area contributed by atoms with Crippen LogP contribution in [0.4, 0.5) is 10.6 Å². The molecule has 0 unspecified atom stereocenters. The average molecular weight is 615 g/mol. The molecule has 238 valence electrons. The number of ether oxygens (including phenoxy) is 1. The topological polar surface area (TPSA) is 122 Å². The van der Waals surface area contributed by atoms with E-state index in [0.717, 1.165) is 61.4 Å². The number of likely N-dealkylation sites (N-methyl/N-ethyl adjacent to an activating group) is 1. The molecule has 1 aliphatic rings. The van der Waals surface area contributed by atoms with E-state index < -0.39 is 23.4 Å². The fraction of sp³-hybridized carbons (Fsp3) is 0.412. The van der Waals surface area contributed by atoms with E-state index in [1.54, 1.807) is 12.1 Å². The van der Waals surface area contributed by atoms with Gasteiger partial charge in [0.2, 0.25) is 0 Å². The molecule has 1 saturated heterocycles. The summed E-state index contributed by atoms with van der Waals surface area (Å²) in [5.74, 6) is -0.904. The van der Waals surface area contributed by atoms with Crippen molar-refractivity contribution in [2.45, 2.75) is 52.1 Å². The van der Waals surface area contributed by atoms with E-state index in [2.05, 4.69) is 39.5 Å². The third kappa shape index (κ3) is 7.79. The summed E-state index contributed by atoms with van der Waals surface area (Å²) in [7, 11) is 2.13. The lowest BCUT2D eigenvalue weighted by Gasteiger charge is -2.32. The number of nitrogens with one attached hydrogen (secondary N) is 2. The van der Waals surface area contributed by atoms with Crippen molar-refractivity contribution in [1.29, 1.82) is 0 Å². The summed E-state index contributed by atoms with van der Waals surface area (Å²) in [6.07, 6.45) is 1.90. The van der Waals surface area contributed by atoms with Crippen molar-refractivity contribution in [3.8, 4) is 0 Å². The molecular formula is C34H42N6O5. The number of rotatable bonds is 11. The maximum absolute atomic E-state index is 13.3. The van der Waals surface area contributed by atoms with Gasteiger partial charge < -0.3 is 24.7 Å². The van der Waals surface area contributed by atoms with Gasteiger partial charge in [-0.1, -0.05) is 62.2 Å². The van der Waals surface area contributed by atoms with Crippen molar-refractivity contribution in [1.82, 2.24) is 24.9 Å². The number of carbonyl (C=O) groups is 3. The molecule has 1 aliphatic heterocycles. The Hall–Kier alpha value is -4.48. The highest BCUT2D eigenvalue weighted by atomic mass is 16.6. The van der Waals surface area contributed by atoms with Crippen LogP contribution in [0.5, 0.6) is 0 Å². The number of furan rings is 1.